The fourth-order valence-corrected chi connectivity index (χ4v) is 3.21. The van der Waals surface area contributed by atoms with Crippen LogP contribution in [0.1, 0.15) is 13.3 Å². The molecule has 2 atom stereocenters. The summed E-state index contributed by atoms with van der Waals surface area (Å²) in [5.74, 6) is 0.681. The fourth-order valence-electron chi connectivity index (χ4n) is 2.50. The van der Waals surface area contributed by atoms with E-state index in [1.165, 1.54) is 18.2 Å². The first-order valence-electron chi connectivity index (χ1n) is 7.10. The summed E-state index contributed by atoms with van der Waals surface area (Å²) in [5.41, 5.74) is 2.20. The molecule has 21 heavy (non-hydrogen) atoms. The average Bonchev–Trinajstić information content (AvgIpc) is 3.02. The van der Waals surface area contributed by atoms with Gasteiger partial charge in [-0.15, -0.1) is 0 Å². The Morgan fingerprint density at radius 3 is 2.76 bits per heavy atom. The van der Waals surface area contributed by atoms with Crippen molar-refractivity contribution in [3.63, 3.8) is 0 Å². The van der Waals surface area contributed by atoms with E-state index in [2.05, 4.69) is 28.6 Å². The van der Waals surface area contributed by atoms with Crippen LogP contribution in [-0.2, 0) is 11.3 Å². The van der Waals surface area contributed by atoms with Crippen molar-refractivity contribution in [3.05, 3.63) is 36.5 Å². The second-order valence-electron chi connectivity index (χ2n) is 5.56. The molecular formula is C16H18N2O2S. The van der Waals surface area contributed by atoms with E-state index in [9.17, 15) is 4.79 Å². The first-order chi connectivity index (χ1) is 10.1. The molecule has 1 N–H and O–H groups in total. The molecule has 4 nitrogen and oxygen atoms in total. The van der Waals surface area contributed by atoms with Crippen LogP contribution in [0.15, 0.2) is 41.7 Å². The molecule has 110 valence electrons. The lowest BCUT2D eigenvalue weighted by atomic mass is 10.1. The molecular weight excluding hydrogens is 284 g/mol. The monoisotopic (exact) mass is 302 g/mol. The summed E-state index contributed by atoms with van der Waals surface area (Å²) in [6, 6.07) is 10.1. The minimum atomic E-state index is -0.810. The Kier molecular flexibility index (Phi) is 4.01. The zero-order chi connectivity index (χ0) is 14.8. The molecule has 0 amide bonds. The number of thioether (sulfide) groups is 1. The highest BCUT2D eigenvalue weighted by Gasteiger charge is 2.33. The van der Waals surface area contributed by atoms with Gasteiger partial charge in [0.05, 0.1) is 17.6 Å². The van der Waals surface area contributed by atoms with Crippen LogP contribution in [0, 0.1) is 11.8 Å². The van der Waals surface area contributed by atoms with Gasteiger partial charge in [0.25, 0.3) is 0 Å². The van der Waals surface area contributed by atoms with Gasteiger partial charge >= 0.3 is 5.97 Å². The van der Waals surface area contributed by atoms with Crippen molar-refractivity contribution in [1.29, 1.82) is 0 Å². The maximum absolute atomic E-state index is 10.8. The van der Waals surface area contributed by atoms with Crippen LogP contribution in [0.5, 0.6) is 0 Å². The highest BCUT2D eigenvalue weighted by molar-refractivity contribution is 7.99. The second kappa shape index (κ2) is 5.93. The normalized spacial score (nSPS) is 20.4. The van der Waals surface area contributed by atoms with Gasteiger partial charge in [-0.3, -0.25) is 4.79 Å². The van der Waals surface area contributed by atoms with Crippen molar-refractivity contribution in [2.45, 2.75) is 25.0 Å². The molecule has 1 saturated carbocycles. The third kappa shape index (κ3) is 3.29. The smallest absolute Gasteiger partial charge is 0.313 e. The molecule has 0 saturated heterocycles. The molecule has 2 unspecified atom stereocenters. The molecule has 1 aliphatic carbocycles. The fraction of sp³-hybridized carbons (Fsp3) is 0.375. The Bertz CT molecular complexity index is 639. The topological polar surface area (TPSA) is 55.1 Å². The minimum absolute atomic E-state index is 0.0471. The molecule has 1 fully saturated rings. The number of carbonyl (C=O) groups is 1. The third-order valence-electron chi connectivity index (χ3n) is 3.91. The van der Waals surface area contributed by atoms with Crippen molar-refractivity contribution in [2.24, 2.45) is 11.8 Å². The van der Waals surface area contributed by atoms with Crippen LogP contribution in [0.25, 0.3) is 11.3 Å². The zero-order valence-electron chi connectivity index (χ0n) is 11.9. The van der Waals surface area contributed by atoms with Crippen molar-refractivity contribution < 1.29 is 9.90 Å². The molecule has 0 aliphatic heterocycles. The highest BCUT2D eigenvalue weighted by atomic mass is 32.2. The number of hydrogen-bond donors (Lipinski definition) is 1. The Balaban J connectivity index is 1.89. The molecule has 1 aromatic carbocycles. The van der Waals surface area contributed by atoms with Crippen LogP contribution in [0.3, 0.4) is 0 Å². The Hall–Kier alpha value is -1.75. The SMILES string of the molecule is CC1CC1Cn1c(-c2ccccc2)cnc1SCC(=O)O. The number of aromatic nitrogens is 2. The average molecular weight is 302 g/mol. The summed E-state index contributed by atoms with van der Waals surface area (Å²) in [4.78, 5) is 15.2. The lowest BCUT2D eigenvalue weighted by Gasteiger charge is -2.11. The van der Waals surface area contributed by atoms with E-state index in [4.69, 9.17) is 5.11 Å². The summed E-state index contributed by atoms with van der Waals surface area (Å²) < 4.78 is 2.18. The van der Waals surface area contributed by atoms with Gasteiger partial charge in [-0.25, -0.2) is 4.98 Å². The van der Waals surface area contributed by atoms with E-state index in [1.54, 1.807) is 0 Å². The molecule has 3 rings (SSSR count). The van der Waals surface area contributed by atoms with Crippen molar-refractivity contribution in [2.75, 3.05) is 5.75 Å². The predicted octanol–water partition coefficient (Wildman–Crippen LogP) is 3.38. The maximum atomic E-state index is 10.8. The zero-order valence-corrected chi connectivity index (χ0v) is 12.7. The lowest BCUT2D eigenvalue weighted by molar-refractivity contribution is -0.133. The largest absolute Gasteiger partial charge is 0.481 e. The number of carboxylic acids is 1. The van der Waals surface area contributed by atoms with Gasteiger partial charge in [0.2, 0.25) is 0 Å². The van der Waals surface area contributed by atoms with Crippen LogP contribution < -0.4 is 0 Å². The van der Waals surface area contributed by atoms with Crippen LogP contribution >= 0.6 is 11.8 Å². The van der Waals surface area contributed by atoms with Gasteiger partial charge in [-0.05, 0) is 23.8 Å². The molecule has 0 radical (unpaired) electrons. The lowest BCUT2D eigenvalue weighted by Crippen LogP contribution is -2.06. The number of benzene rings is 1. The quantitative estimate of drug-likeness (QED) is 0.831. The van der Waals surface area contributed by atoms with E-state index < -0.39 is 5.97 Å². The molecule has 0 spiro atoms. The number of rotatable bonds is 6. The molecule has 1 heterocycles. The molecule has 2 aromatic rings. The number of imidazole rings is 1. The summed E-state index contributed by atoms with van der Waals surface area (Å²) in [6.07, 6.45) is 3.10. The summed E-state index contributed by atoms with van der Waals surface area (Å²) in [7, 11) is 0. The van der Waals surface area contributed by atoms with Crippen molar-refractivity contribution in [3.8, 4) is 11.3 Å². The Morgan fingerprint density at radius 1 is 1.43 bits per heavy atom. The molecule has 5 heteroatoms. The first kappa shape index (κ1) is 14.2. The van der Waals surface area contributed by atoms with Crippen molar-refractivity contribution in [1.82, 2.24) is 9.55 Å². The van der Waals surface area contributed by atoms with Gasteiger partial charge in [0.15, 0.2) is 5.16 Å². The van der Waals surface area contributed by atoms with Gasteiger partial charge < -0.3 is 9.67 Å². The summed E-state index contributed by atoms with van der Waals surface area (Å²) in [5, 5.41) is 9.67. The minimum Gasteiger partial charge on any atom is -0.481 e. The second-order valence-corrected chi connectivity index (χ2v) is 6.50. The van der Waals surface area contributed by atoms with E-state index in [-0.39, 0.29) is 5.75 Å². The van der Waals surface area contributed by atoms with Gasteiger partial charge in [-0.1, -0.05) is 49.0 Å². The molecule has 0 bridgehead atoms. The third-order valence-corrected chi connectivity index (χ3v) is 4.88. The predicted molar refractivity (Wildman–Crippen MR) is 83.3 cm³/mol. The van der Waals surface area contributed by atoms with Crippen molar-refractivity contribution >= 4 is 17.7 Å². The summed E-state index contributed by atoms with van der Waals surface area (Å²) in [6.45, 7) is 3.18. The van der Waals surface area contributed by atoms with E-state index >= 15 is 0 Å². The summed E-state index contributed by atoms with van der Waals surface area (Å²) >= 11 is 1.29. The number of hydrogen-bond acceptors (Lipinski definition) is 3. The standard InChI is InChI=1S/C16H18N2O2S/c1-11-7-13(11)9-18-14(12-5-3-2-4-6-12)8-17-16(18)21-10-15(19)20/h2-6,8,11,13H,7,9-10H2,1H3,(H,19,20). The van der Waals surface area contributed by atoms with E-state index in [1.807, 2.05) is 24.4 Å². The number of nitrogens with zero attached hydrogens (tertiary/aromatic N) is 2. The first-order valence-corrected chi connectivity index (χ1v) is 8.09. The van der Waals surface area contributed by atoms with Crippen LogP contribution in [-0.4, -0.2) is 26.4 Å². The van der Waals surface area contributed by atoms with Gasteiger partial charge in [0, 0.05) is 6.54 Å². The molecule has 1 aliphatic rings. The number of carboxylic acid groups (broad SMARTS) is 1. The van der Waals surface area contributed by atoms with Gasteiger partial charge in [-0.2, -0.15) is 0 Å². The van der Waals surface area contributed by atoms with Crippen LogP contribution in [0.4, 0.5) is 0 Å². The molecule has 1 aromatic heterocycles. The maximum Gasteiger partial charge on any atom is 0.313 e. The number of aliphatic carboxylic acids is 1. The van der Waals surface area contributed by atoms with Gasteiger partial charge in [0.1, 0.15) is 0 Å². The highest BCUT2D eigenvalue weighted by Crippen LogP contribution is 2.41. The Morgan fingerprint density at radius 2 is 2.14 bits per heavy atom. The Labute approximate surface area is 128 Å². The van der Waals surface area contributed by atoms with E-state index in [0.29, 0.717) is 5.92 Å². The van der Waals surface area contributed by atoms with Crippen LogP contribution in [0.2, 0.25) is 0 Å². The van der Waals surface area contributed by atoms with E-state index in [0.717, 1.165) is 28.9 Å².